The molecule has 0 bridgehead atoms. The van der Waals surface area contributed by atoms with Gasteiger partial charge in [-0.05, 0) is 42.3 Å². The van der Waals surface area contributed by atoms with Crippen LogP contribution in [0.2, 0.25) is 5.02 Å². The van der Waals surface area contributed by atoms with Gasteiger partial charge in [-0.25, -0.2) is 5.43 Å². The number of carbonyl (C=O) groups excluding carboxylic acids is 1. The second kappa shape index (κ2) is 11.5. The van der Waals surface area contributed by atoms with E-state index in [0.717, 1.165) is 37.1 Å². The van der Waals surface area contributed by atoms with E-state index in [9.17, 15) is 4.79 Å². The minimum atomic E-state index is -0.194. The van der Waals surface area contributed by atoms with Crippen LogP contribution in [0.15, 0.2) is 80.5 Å². The number of nitrogens with zero attached hydrogens (tertiary/aromatic N) is 4. The minimum absolute atomic E-state index is 0.194. The Bertz CT molecular complexity index is 1560. The van der Waals surface area contributed by atoms with Crippen molar-refractivity contribution in [3.05, 3.63) is 82.9 Å². The zero-order valence-electron chi connectivity index (χ0n) is 19.3. The van der Waals surface area contributed by atoms with Crippen molar-refractivity contribution in [2.24, 2.45) is 5.10 Å². The van der Waals surface area contributed by atoms with E-state index in [4.69, 9.17) is 11.6 Å². The van der Waals surface area contributed by atoms with Crippen LogP contribution in [0.3, 0.4) is 0 Å². The topological polar surface area (TPSA) is 72.2 Å². The van der Waals surface area contributed by atoms with Gasteiger partial charge in [0.2, 0.25) is 0 Å². The van der Waals surface area contributed by atoms with Crippen molar-refractivity contribution in [3.63, 3.8) is 0 Å². The van der Waals surface area contributed by atoms with Crippen molar-refractivity contribution in [2.75, 3.05) is 5.75 Å². The van der Waals surface area contributed by atoms with Crippen molar-refractivity contribution >= 4 is 80.4 Å². The second-order valence-corrected chi connectivity index (χ2v) is 11.7. The van der Waals surface area contributed by atoms with E-state index in [-0.39, 0.29) is 11.7 Å². The highest BCUT2D eigenvalue weighted by Crippen LogP contribution is 2.32. The molecule has 0 atom stereocenters. The van der Waals surface area contributed by atoms with Crippen LogP contribution in [0.1, 0.15) is 18.1 Å². The van der Waals surface area contributed by atoms with Gasteiger partial charge in [-0.15, -0.1) is 10.2 Å². The van der Waals surface area contributed by atoms with E-state index in [0.29, 0.717) is 0 Å². The number of halogens is 1. The first kappa shape index (κ1) is 24.8. The first-order valence-corrected chi connectivity index (χ1v) is 14.4. The molecule has 0 fully saturated rings. The van der Waals surface area contributed by atoms with Gasteiger partial charge < -0.3 is 4.57 Å². The Morgan fingerprint density at radius 2 is 1.78 bits per heavy atom. The van der Waals surface area contributed by atoms with Crippen molar-refractivity contribution in [1.29, 1.82) is 0 Å². The Balaban J connectivity index is 1.15. The van der Waals surface area contributed by atoms with Crippen LogP contribution < -0.4 is 5.43 Å². The molecular formula is C26H22ClN5OS3. The summed E-state index contributed by atoms with van der Waals surface area (Å²) in [5.41, 5.74) is 7.00. The molecule has 5 rings (SSSR count). The van der Waals surface area contributed by atoms with Gasteiger partial charge in [-0.3, -0.25) is 4.79 Å². The van der Waals surface area contributed by atoms with E-state index in [1.54, 1.807) is 18.0 Å². The van der Waals surface area contributed by atoms with Crippen LogP contribution in [0.25, 0.3) is 21.8 Å². The Kier molecular flexibility index (Phi) is 7.91. The fourth-order valence-electron chi connectivity index (χ4n) is 3.90. The summed E-state index contributed by atoms with van der Waals surface area (Å²) in [6.07, 6.45) is 1.68. The zero-order valence-corrected chi connectivity index (χ0v) is 22.6. The van der Waals surface area contributed by atoms with Gasteiger partial charge in [0.25, 0.3) is 5.91 Å². The molecule has 0 aliphatic rings. The van der Waals surface area contributed by atoms with Crippen molar-refractivity contribution < 1.29 is 4.79 Å². The van der Waals surface area contributed by atoms with Crippen LogP contribution in [-0.2, 0) is 17.1 Å². The Morgan fingerprint density at radius 1 is 1.03 bits per heavy atom. The third-order valence-corrected chi connectivity index (χ3v) is 9.15. The number of carbonyl (C=O) groups is 1. The lowest BCUT2D eigenvalue weighted by molar-refractivity contribution is -0.118. The highest BCUT2D eigenvalue weighted by atomic mass is 35.5. The predicted octanol–water partition coefficient (Wildman–Crippen LogP) is 6.85. The fraction of sp³-hybridized carbons (Fsp3) is 0.154. The molecule has 1 N–H and O–H groups in total. The number of para-hydroxylation sites is 1. The van der Waals surface area contributed by atoms with Gasteiger partial charge in [0.15, 0.2) is 8.68 Å². The maximum absolute atomic E-state index is 12.3. The molecule has 10 heteroatoms. The highest BCUT2D eigenvalue weighted by molar-refractivity contribution is 8.03. The SMILES string of the molecule is CCn1c2ccccc2c2cc(C=NNC(=O)CSc3nnc(SCc4ccccc4Cl)s3)ccc21. The summed E-state index contributed by atoms with van der Waals surface area (Å²) in [6, 6.07) is 22.4. The number of benzene rings is 3. The standard InChI is InChI=1S/C26H22ClN5OS3/c1-2-32-22-10-6-4-8-19(22)20-13-17(11-12-23(20)32)14-28-29-24(33)16-35-26-31-30-25(36-26)34-15-18-7-3-5-9-21(18)27/h3-14H,2,15-16H2,1H3,(H,29,33). The average molecular weight is 552 g/mol. The average Bonchev–Trinajstić information content (AvgIpc) is 3.49. The molecule has 5 aromatic rings. The number of fused-ring (bicyclic) bond motifs is 3. The molecule has 3 aromatic carbocycles. The summed E-state index contributed by atoms with van der Waals surface area (Å²) >= 11 is 10.6. The quantitative estimate of drug-likeness (QED) is 0.123. The van der Waals surface area contributed by atoms with Crippen molar-refractivity contribution in [3.8, 4) is 0 Å². The van der Waals surface area contributed by atoms with E-state index < -0.39 is 0 Å². The Labute approximate surface area is 226 Å². The summed E-state index contributed by atoms with van der Waals surface area (Å²) in [7, 11) is 0. The smallest absolute Gasteiger partial charge is 0.250 e. The normalized spacial score (nSPS) is 11.6. The molecule has 2 aromatic heterocycles. The molecule has 0 aliphatic carbocycles. The van der Waals surface area contributed by atoms with Gasteiger partial charge >= 0.3 is 0 Å². The summed E-state index contributed by atoms with van der Waals surface area (Å²) in [4.78, 5) is 12.3. The second-order valence-electron chi connectivity index (χ2n) is 7.83. The van der Waals surface area contributed by atoms with E-state index in [1.807, 2.05) is 30.3 Å². The molecule has 36 heavy (non-hydrogen) atoms. The molecule has 1 amide bonds. The summed E-state index contributed by atoms with van der Waals surface area (Å²) < 4.78 is 3.89. The lowest BCUT2D eigenvalue weighted by Crippen LogP contribution is -2.19. The first-order chi connectivity index (χ1) is 17.6. The Morgan fingerprint density at radius 3 is 2.61 bits per heavy atom. The van der Waals surface area contributed by atoms with Crippen LogP contribution in [0, 0.1) is 0 Å². The number of hydrogen-bond donors (Lipinski definition) is 1. The first-order valence-electron chi connectivity index (χ1n) is 11.3. The van der Waals surface area contributed by atoms with Crippen molar-refractivity contribution in [1.82, 2.24) is 20.2 Å². The number of hydrogen-bond acceptors (Lipinski definition) is 7. The Hall–Kier alpha value is -2.85. The lowest BCUT2D eigenvalue weighted by Gasteiger charge is -2.02. The molecule has 0 unspecified atom stereocenters. The third-order valence-electron chi connectivity index (χ3n) is 5.54. The molecule has 0 saturated heterocycles. The van der Waals surface area contributed by atoms with Gasteiger partial charge in [0.05, 0.1) is 12.0 Å². The molecule has 2 heterocycles. The summed E-state index contributed by atoms with van der Waals surface area (Å²) in [6.45, 7) is 3.05. The molecular weight excluding hydrogens is 530 g/mol. The predicted molar refractivity (Wildman–Crippen MR) is 153 cm³/mol. The number of thioether (sulfide) groups is 2. The molecule has 6 nitrogen and oxygen atoms in total. The van der Waals surface area contributed by atoms with Gasteiger partial charge in [0.1, 0.15) is 0 Å². The highest BCUT2D eigenvalue weighted by Gasteiger charge is 2.11. The number of amides is 1. The monoisotopic (exact) mass is 551 g/mol. The number of aryl methyl sites for hydroxylation is 1. The number of aromatic nitrogens is 3. The van der Waals surface area contributed by atoms with E-state index >= 15 is 0 Å². The van der Waals surface area contributed by atoms with Gasteiger partial charge in [-0.2, -0.15) is 5.10 Å². The third kappa shape index (κ3) is 5.59. The van der Waals surface area contributed by atoms with E-state index in [1.165, 1.54) is 44.9 Å². The molecule has 182 valence electrons. The lowest BCUT2D eigenvalue weighted by atomic mass is 10.1. The largest absolute Gasteiger partial charge is 0.341 e. The molecule has 0 saturated carbocycles. The van der Waals surface area contributed by atoms with Crippen LogP contribution >= 0.6 is 46.5 Å². The molecule has 0 radical (unpaired) electrons. The molecule has 0 aliphatic heterocycles. The van der Waals surface area contributed by atoms with Crippen molar-refractivity contribution in [2.45, 2.75) is 27.9 Å². The van der Waals surface area contributed by atoms with Gasteiger partial charge in [0, 0.05) is 39.1 Å². The van der Waals surface area contributed by atoms with Gasteiger partial charge in [-0.1, -0.05) is 88.9 Å². The molecule has 0 spiro atoms. The maximum atomic E-state index is 12.3. The van der Waals surface area contributed by atoms with Crippen LogP contribution in [0.5, 0.6) is 0 Å². The fourth-order valence-corrected chi connectivity index (χ4v) is 7.00. The van der Waals surface area contributed by atoms with Crippen LogP contribution in [0.4, 0.5) is 0 Å². The number of rotatable bonds is 9. The number of hydrazone groups is 1. The number of nitrogens with one attached hydrogen (secondary N) is 1. The van der Waals surface area contributed by atoms with E-state index in [2.05, 4.69) is 68.6 Å². The van der Waals surface area contributed by atoms with Crippen LogP contribution in [-0.4, -0.2) is 32.6 Å². The zero-order chi connectivity index (χ0) is 24.9. The summed E-state index contributed by atoms with van der Waals surface area (Å²) in [5, 5.41) is 15.7. The maximum Gasteiger partial charge on any atom is 0.250 e. The minimum Gasteiger partial charge on any atom is -0.341 e. The summed E-state index contributed by atoms with van der Waals surface area (Å²) in [5.74, 6) is 0.740.